The molecule has 2 aromatic carbocycles. The van der Waals surface area contributed by atoms with Gasteiger partial charge in [-0.2, -0.15) is 0 Å². The summed E-state index contributed by atoms with van der Waals surface area (Å²) in [6.07, 6.45) is 0. The Morgan fingerprint density at radius 3 is 2.47 bits per heavy atom. The van der Waals surface area contributed by atoms with Crippen LogP contribution in [0.2, 0.25) is 0 Å². The van der Waals surface area contributed by atoms with Crippen molar-refractivity contribution in [2.75, 3.05) is 6.61 Å². The van der Waals surface area contributed by atoms with Crippen LogP contribution in [0.1, 0.15) is 27.0 Å². The van der Waals surface area contributed by atoms with Crippen molar-refractivity contribution in [3.05, 3.63) is 70.8 Å². The molecule has 2 heteroatoms. The predicted octanol–water partition coefficient (Wildman–Crippen LogP) is 3.70. The summed E-state index contributed by atoms with van der Waals surface area (Å²) in [5.41, 5.74) is 4.01. The normalized spacial score (nSPS) is 10.4. The van der Waals surface area contributed by atoms with E-state index in [0.29, 0.717) is 6.61 Å². The van der Waals surface area contributed by atoms with Crippen LogP contribution in [0, 0.1) is 13.8 Å². The van der Waals surface area contributed by atoms with E-state index in [-0.39, 0.29) is 12.4 Å². The molecule has 2 aromatic rings. The molecule has 2 rings (SSSR count). The van der Waals surface area contributed by atoms with Crippen molar-refractivity contribution < 1.29 is 9.53 Å². The molecule has 2 nitrogen and oxygen atoms in total. The lowest BCUT2D eigenvalue weighted by atomic mass is 10.0. The minimum absolute atomic E-state index is 0.0390. The lowest BCUT2D eigenvalue weighted by molar-refractivity contribution is 0.0726. The highest BCUT2D eigenvalue weighted by molar-refractivity contribution is 5.98. The summed E-state index contributed by atoms with van der Waals surface area (Å²) in [6.45, 7) is 4.58. The van der Waals surface area contributed by atoms with Crippen LogP contribution in [0.15, 0.2) is 48.5 Å². The molecule has 0 aliphatic rings. The summed E-state index contributed by atoms with van der Waals surface area (Å²) in [6, 6.07) is 15.6. The number of rotatable bonds is 5. The van der Waals surface area contributed by atoms with Crippen molar-refractivity contribution in [1.82, 2.24) is 0 Å². The molecule has 19 heavy (non-hydrogen) atoms. The second-order valence-electron chi connectivity index (χ2n) is 4.65. The summed E-state index contributed by atoms with van der Waals surface area (Å²) >= 11 is 0. The Hall–Kier alpha value is -1.93. The zero-order chi connectivity index (χ0) is 13.7. The Kier molecular flexibility index (Phi) is 4.48. The van der Waals surface area contributed by atoms with E-state index < -0.39 is 0 Å². The van der Waals surface area contributed by atoms with E-state index in [1.165, 1.54) is 0 Å². The van der Waals surface area contributed by atoms with Crippen molar-refractivity contribution in [3.63, 3.8) is 0 Å². The summed E-state index contributed by atoms with van der Waals surface area (Å²) < 4.78 is 5.48. The zero-order valence-electron chi connectivity index (χ0n) is 11.3. The van der Waals surface area contributed by atoms with Gasteiger partial charge >= 0.3 is 0 Å². The highest BCUT2D eigenvalue weighted by atomic mass is 16.5. The Labute approximate surface area is 114 Å². The maximum absolute atomic E-state index is 12.1. The zero-order valence-corrected chi connectivity index (χ0v) is 11.3. The fourth-order valence-electron chi connectivity index (χ4n) is 1.97. The number of hydrogen-bond acceptors (Lipinski definition) is 2. The van der Waals surface area contributed by atoms with Gasteiger partial charge in [0, 0.05) is 5.56 Å². The van der Waals surface area contributed by atoms with Gasteiger partial charge in [-0.05, 0) is 30.5 Å². The molecule has 0 heterocycles. The topological polar surface area (TPSA) is 26.3 Å². The first-order valence-electron chi connectivity index (χ1n) is 6.39. The minimum atomic E-state index is 0.0390. The van der Waals surface area contributed by atoms with Gasteiger partial charge < -0.3 is 4.74 Å². The molecule has 0 aromatic heterocycles. The monoisotopic (exact) mass is 254 g/mol. The van der Waals surface area contributed by atoms with Crippen LogP contribution in [0.25, 0.3) is 0 Å². The van der Waals surface area contributed by atoms with Crippen molar-refractivity contribution >= 4 is 5.78 Å². The second kappa shape index (κ2) is 6.30. The average molecular weight is 254 g/mol. The van der Waals surface area contributed by atoms with Gasteiger partial charge in [0.2, 0.25) is 0 Å². The Morgan fingerprint density at radius 1 is 1.00 bits per heavy atom. The van der Waals surface area contributed by atoms with Gasteiger partial charge in [-0.25, -0.2) is 0 Å². The highest BCUT2D eigenvalue weighted by Gasteiger charge is 2.10. The molecule has 0 saturated carbocycles. The smallest absolute Gasteiger partial charge is 0.188 e. The van der Waals surface area contributed by atoms with E-state index in [0.717, 1.165) is 22.3 Å². The van der Waals surface area contributed by atoms with E-state index in [1.807, 2.05) is 62.4 Å². The van der Waals surface area contributed by atoms with Crippen molar-refractivity contribution in [2.24, 2.45) is 0 Å². The van der Waals surface area contributed by atoms with E-state index in [9.17, 15) is 4.79 Å². The van der Waals surface area contributed by atoms with Gasteiger partial charge in [0.15, 0.2) is 5.78 Å². The number of benzene rings is 2. The molecule has 0 N–H and O–H groups in total. The molecule has 0 spiro atoms. The van der Waals surface area contributed by atoms with Crippen molar-refractivity contribution in [1.29, 1.82) is 0 Å². The SMILES string of the molecule is Cc1cccc(C(=O)COCc2ccccc2)c1C. The molecule has 0 unspecified atom stereocenters. The van der Waals surface area contributed by atoms with Crippen LogP contribution in [0.4, 0.5) is 0 Å². The third kappa shape index (κ3) is 3.52. The maximum Gasteiger partial charge on any atom is 0.188 e. The first kappa shape index (κ1) is 13.5. The van der Waals surface area contributed by atoms with Crippen LogP contribution in [-0.2, 0) is 11.3 Å². The summed E-state index contributed by atoms with van der Waals surface area (Å²) in [7, 11) is 0. The molecule has 0 bridgehead atoms. The van der Waals surface area contributed by atoms with Gasteiger partial charge in [-0.1, -0.05) is 48.5 Å². The van der Waals surface area contributed by atoms with Gasteiger partial charge in [0.1, 0.15) is 6.61 Å². The molecular weight excluding hydrogens is 236 g/mol. The van der Waals surface area contributed by atoms with Crippen LogP contribution in [0.5, 0.6) is 0 Å². The molecule has 0 atom stereocenters. The molecule has 0 aliphatic carbocycles. The quantitative estimate of drug-likeness (QED) is 0.760. The second-order valence-corrected chi connectivity index (χ2v) is 4.65. The number of carbonyl (C=O) groups excluding carboxylic acids is 1. The maximum atomic E-state index is 12.1. The molecule has 0 fully saturated rings. The van der Waals surface area contributed by atoms with E-state index >= 15 is 0 Å². The number of aryl methyl sites for hydroxylation is 1. The van der Waals surface area contributed by atoms with Gasteiger partial charge in [-0.3, -0.25) is 4.79 Å². The van der Waals surface area contributed by atoms with Crippen molar-refractivity contribution in [2.45, 2.75) is 20.5 Å². The number of hydrogen-bond donors (Lipinski definition) is 0. The van der Waals surface area contributed by atoms with Crippen LogP contribution in [0.3, 0.4) is 0 Å². The number of ether oxygens (including phenoxy) is 1. The van der Waals surface area contributed by atoms with Gasteiger partial charge in [0.05, 0.1) is 6.61 Å². The Balaban J connectivity index is 1.93. The van der Waals surface area contributed by atoms with E-state index in [1.54, 1.807) is 0 Å². The molecule has 0 amide bonds. The summed E-state index contributed by atoms with van der Waals surface area (Å²) in [5.74, 6) is 0.0390. The van der Waals surface area contributed by atoms with E-state index in [2.05, 4.69) is 0 Å². The van der Waals surface area contributed by atoms with Crippen LogP contribution in [-0.4, -0.2) is 12.4 Å². The van der Waals surface area contributed by atoms with Gasteiger partial charge in [-0.15, -0.1) is 0 Å². The van der Waals surface area contributed by atoms with Crippen LogP contribution >= 0.6 is 0 Å². The molecular formula is C17H18O2. The standard InChI is InChI=1S/C17H18O2/c1-13-7-6-10-16(14(13)2)17(18)12-19-11-15-8-4-3-5-9-15/h3-10H,11-12H2,1-2H3. The molecule has 98 valence electrons. The first-order chi connectivity index (χ1) is 9.18. The molecule has 0 saturated heterocycles. The number of carbonyl (C=O) groups is 1. The third-order valence-electron chi connectivity index (χ3n) is 3.25. The fraction of sp³-hybridized carbons (Fsp3) is 0.235. The average Bonchev–Trinajstić information content (AvgIpc) is 2.43. The minimum Gasteiger partial charge on any atom is -0.369 e. The van der Waals surface area contributed by atoms with Crippen molar-refractivity contribution in [3.8, 4) is 0 Å². The Morgan fingerprint density at radius 2 is 1.74 bits per heavy atom. The first-order valence-corrected chi connectivity index (χ1v) is 6.39. The molecule has 0 aliphatic heterocycles. The third-order valence-corrected chi connectivity index (χ3v) is 3.25. The van der Waals surface area contributed by atoms with E-state index in [4.69, 9.17) is 4.74 Å². The lowest BCUT2D eigenvalue weighted by Gasteiger charge is -2.08. The number of Topliss-reactive ketones (excluding diaryl/α,β-unsaturated/α-hetero) is 1. The fourth-order valence-corrected chi connectivity index (χ4v) is 1.97. The summed E-state index contributed by atoms with van der Waals surface area (Å²) in [5, 5.41) is 0. The molecule has 0 radical (unpaired) electrons. The largest absolute Gasteiger partial charge is 0.369 e. The Bertz CT molecular complexity index is 559. The number of ketones is 1. The lowest BCUT2D eigenvalue weighted by Crippen LogP contribution is -2.11. The highest BCUT2D eigenvalue weighted by Crippen LogP contribution is 2.13. The predicted molar refractivity (Wildman–Crippen MR) is 76.3 cm³/mol. The summed E-state index contributed by atoms with van der Waals surface area (Å²) in [4.78, 5) is 12.1. The van der Waals surface area contributed by atoms with Gasteiger partial charge in [0.25, 0.3) is 0 Å². The van der Waals surface area contributed by atoms with Crippen LogP contribution < -0.4 is 0 Å².